The molecular weight excluding hydrogens is 382 g/mol. The highest BCUT2D eigenvalue weighted by Gasteiger charge is 2.45. The van der Waals surface area contributed by atoms with Gasteiger partial charge in [0.1, 0.15) is 11.5 Å². The van der Waals surface area contributed by atoms with Crippen LogP contribution in [0.3, 0.4) is 0 Å². The smallest absolute Gasteiger partial charge is 0.161 e. The first-order valence-electron chi connectivity index (χ1n) is 8.80. The Hall–Kier alpha value is -1.75. The zero-order chi connectivity index (χ0) is 17.6. The van der Waals surface area contributed by atoms with Crippen molar-refractivity contribution in [3.05, 3.63) is 39.5 Å². The maximum Gasteiger partial charge on any atom is 0.161 e. The minimum Gasteiger partial charge on any atom is -0.496 e. The molecule has 1 aromatic carbocycles. The molecule has 3 aliphatic rings. The molecule has 0 bridgehead atoms. The van der Waals surface area contributed by atoms with Gasteiger partial charge in [-0.2, -0.15) is 0 Å². The predicted molar refractivity (Wildman–Crippen MR) is 99.1 cm³/mol. The molecule has 2 aliphatic carbocycles. The number of methoxy groups -OCH3 is 1. The third-order valence-corrected chi connectivity index (χ3v) is 5.93. The molecule has 0 aromatic heterocycles. The second kappa shape index (κ2) is 6.52. The monoisotopic (exact) mass is 401 g/mol. The van der Waals surface area contributed by atoms with E-state index in [1.54, 1.807) is 7.11 Å². The van der Waals surface area contributed by atoms with Crippen molar-refractivity contribution in [1.82, 2.24) is 0 Å². The maximum atomic E-state index is 12.8. The Labute approximate surface area is 155 Å². The summed E-state index contributed by atoms with van der Waals surface area (Å²) in [5.41, 5.74) is 3.50. The minimum absolute atomic E-state index is 0.134. The summed E-state index contributed by atoms with van der Waals surface area (Å²) in [4.78, 5) is 30.4. The van der Waals surface area contributed by atoms with Gasteiger partial charge in [0, 0.05) is 45.8 Å². The van der Waals surface area contributed by atoms with Gasteiger partial charge in [-0.15, -0.1) is 0 Å². The number of ketones is 2. The Morgan fingerprint density at radius 2 is 1.88 bits per heavy atom. The summed E-state index contributed by atoms with van der Waals surface area (Å²) in [7, 11) is 1.63. The number of halogens is 1. The molecule has 1 unspecified atom stereocenters. The normalized spacial score (nSPS) is 26.1. The molecule has 1 fully saturated rings. The second-order valence-corrected chi connectivity index (χ2v) is 7.82. The van der Waals surface area contributed by atoms with Crippen molar-refractivity contribution in [3.63, 3.8) is 0 Å². The number of Topliss-reactive ketones (excluding diaryl/α,β-unsaturated/α-hetero) is 2. The molecule has 5 heteroatoms. The number of nitrogens with zero attached hydrogens (tertiary/aromatic N) is 1. The first-order chi connectivity index (χ1) is 12.1. The van der Waals surface area contributed by atoms with Gasteiger partial charge < -0.3 is 4.74 Å². The fraction of sp³-hybridized carbons (Fsp3) is 0.450. The van der Waals surface area contributed by atoms with E-state index in [2.05, 4.69) is 15.9 Å². The van der Waals surface area contributed by atoms with Gasteiger partial charge in [0.05, 0.1) is 13.0 Å². The van der Waals surface area contributed by atoms with Gasteiger partial charge in [-0.25, -0.2) is 0 Å². The van der Waals surface area contributed by atoms with Crippen LogP contribution in [0, 0.1) is 5.92 Å². The molecule has 0 N–H and O–H groups in total. The molecule has 0 saturated heterocycles. The number of hydrogen-bond acceptors (Lipinski definition) is 4. The zero-order valence-electron chi connectivity index (χ0n) is 14.2. The van der Waals surface area contributed by atoms with E-state index in [0.717, 1.165) is 58.5 Å². The van der Waals surface area contributed by atoms with Gasteiger partial charge in [-0.05, 0) is 43.9 Å². The highest BCUT2D eigenvalue weighted by molar-refractivity contribution is 9.10. The fourth-order valence-electron chi connectivity index (χ4n) is 4.38. The van der Waals surface area contributed by atoms with Gasteiger partial charge in [0.15, 0.2) is 5.78 Å². The molecular formula is C20H20BrNO3. The van der Waals surface area contributed by atoms with Crippen LogP contribution in [0.1, 0.15) is 50.0 Å². The molecule has 4 rings (SSSR count). The first-order valence-corrected chi connectivity index (χ1v) is 9.59. The molecule has 0 radical (unpaired) electrons. The number of rotatable bonds is 2. The Kier molecular flexibility index (Phi) is 4.36. The lowest BCUT2D eigenvalue weighted by atomic mass is 9.67. The topological polar surface area (TPSA) is 55.7 Å². The fourth-order valence-corrected chi connectivity index (χ4v) is 4.76. The van der Waals surface area contributed by atoms with Crippen molar-refractivity contribution >= 4 is 33.2 Å². The van der Waals surface area contributed by atoms with Crippen LogP contribution in [0.5, 0.6) is 5.75 Å². The molecule has 1 saturated carbocycles. The van der Waals surface area contributed by atoms with Crippen LogP contribution in [0.4, 0.5) is 0 Å². The van der Waals surface area contributed by atoms with Gasteiger partial charge in [-0.1, -0.05) is 15.9 Å². The van der Waals surface area contributed by atoms with E-state index in [1.165, 1.54) is 0 Å². The first kappa shape index (κ1) is 16.7. The third-order valence-electron chi connectivity index (χ3n) is 5.44. The van der Waals surface area contributed by atoms with Crippen LogP contribution < -0.4 is 4.74 Å². The molecule has 130 valence electrons. The van der Waals surface area contributed by atoms with Crippen LogP contribution in [0.25, 0.3) is 0 Å². The summed E-state index contributed by atoms with van der Waals surface area (Å²) in [6.07, 6.45) is 4.46. The molecule has 25 heavy (non-hydrogen) atoms. The number of ether oxygens (including phenoxy) is 1. The minimum atomic E-state index is -0.322. The van der Waals surface area contributed by atoms with Crippen molar-refractivity contribution in [2.24, 2.45) is 10.9 Å². The largest absolute Gasteiger partial charge is 0.496 e. The van der Waals surface area contributed by atoms with Crippen LogP contribution in [0.15, 0.2) is 38.9 Å². The standard InChI is InChI=1S/C20H20BrNO3/c1-25-17-9-8-11(21)10-12(17)18-19-13(4-2-6-15(19)23)22-14-5-3-7-16(24)20(14)18/h8-10,18-19H,2-7H2,1H3/t18-,19?/m1/s1. The molecule has 1 aromatic rings. The highest BCUT2D eigenvalue weighted by atomic mass is 79.9. The molecule has 4 nitrogen and oxygen atoms in total. The summed E-state index contributed by atoms with van der Waals surface area (Å²) in [6, 6.07) is 5.80. The highest BCUT2D eigenvalue weighted by Crippen LogP contribution is 2.48. The number of carbonyl (C=O) groups excluding carboxylic acids is 2. The molecule has 1 aliphatic heterocycles. The van der Waals surface area contributed by atoms with Gasteiger partial charge in [-0.3, -0.25) is 14.6 Å². The molecule has 0 amide bonds. The maximum absolute atomic E-state index is 12.8. The lowest BCUT2D eigenvalue weighted by Gasteiger charge is -2.38. The van der Waals surface area contributed by atoms with Crippen molar-refractivity contribution in [2.75, 3.05) is 7.11 Å². The number of carbonyl (C=O) groups is 2. The third kappa shape index (κ3) is 2.78. The molecule has 2 atom stereocenters. The Balaban J connectivity index is 1.95. The van der Waals surface area contributed by atoms with E-state index in [4.69, 9.17) is 9.73 Å². The van der Waals surface area contributed by atoms with Crippen molar-refractivity contribution in [2.45, 2.75) is 44.4 Å². The number of fused-ring (bicyclic) bond motifs is 1. The number of aliphatic imine (C=N–C) groups is 1. The average Bonchev–Trinajstić information content (AvgIpc) is 2.60. The van der Waals surface area contributed by atoms with Crippen LogP contribution in [-0.4, -0.2) is 24.4 Å². The number of allylic oxidation sites excluding steroid dienone is 2. The van der Waals surface area contributed by atoms with Crippen molar-refractivity contribution < 1.29 is 14.3 Å². The summed E-state index contributed by atoms with van der Waals surface area (Å²) < 4.78 is 6.50. The van der Waals surface area contributed by atoms with Crippen LogP contribution >= 0.6 is 15.9 Å². The van der Waals surface area contributed by atoms with Crippen molar-refractivity contribution in [1.29, 1.82) is 0 Å². The summed E-state index contributed by atoms with van der Waals surface area (Å²) in [6.45, 7) is 0. The zero-order valence-corrected chi connectivity index (χ0v) is 15.8. The van der Waals surface area contributed by atoms with Crippen LogP contribution in [-0.2, 0) is 9.59 Å². The van der Waals surface area contributed by atoms with E-state index in [-0.39, 0.29) is 23.4 Å². The Morgan fingerprint density at radius 3 is 2.68 bits per heavy atom. The second-order valence-electron chi connectivity index (χ2n) is 6.90. The lowest BCUT2D eigenvalue weighted by molar-refractivity contribution is -0.122. The number of benzene rings is 1. The molecule has 0 spiro atoms. The van der Waals surface area contributed by atoms with Gasteiger partial charge >= 0.3 is 0 Å². The van der Waals surface area contributed by atoms with Gasteiger partial charge in [0.2, 0.25) is 0 Å². The van der Waals surface area contributed by atoms with Gasteiger partial charge in [0.25, 0.3) is 0 Å². The summed E-state index contributed by atoms with van der Waals surface area (Å²) >= 11 is 3.53. The average molecular weight is 402 g/mol. The van der Waals surface area contributed by atoms with E-state index in [1.807, 2.05) is 18.2 Å². The van der Waals surface area contributed by atoms with Crippen molar-refractivity contribution in [3.8, 4) is 5.75 Å². The number of hydrogen-bond donors (Lipinski definition) is 0. The summed E-state index contributed by atoms with van der Waals surface area (Å²) in [5.74, 6) is 0.461. The predicted octanol–water partition coefficient (Wildman–Crippen LogP) is 4.37. The van der Waals surface area contributed by atoms with E-state index in [0.29, 0.717) is 12.8 Å². The summed E-state index contributed by atoms with van der Waals surface area (Å²) in [5, 5.41) is 0. The lowest BCUT2D eigenvalue weighted by Crippen LogP contribution is -2.39. The Morgan fingerprint density at radius 1 is 1.08 bits per heavy atom. The quantitative estimate of drug-likeness (QED) is 0.738. The van der Waals surface area contributed by atoms with E-state index < -0.39 is 0 Å². The van der Waals surface area contributed by atoms with Crippen LogP contribution in [0.2, 0.25) is 0 Å². The van der Waals surface area contributed by atoms with E-state index >= 15 is 0 Å². The SMILES string of the molecule is COc1ccc(Br)cc1[C@H]1C2=C(CCCC2=O)N=C2CCCC(=O)C21. The molecule has 1 heterocycles. The Bertz CT molecular complexity index is 824. The van der Waals surface area contributed by atoms with E-state index in [9.17, 15) is 9.59 Å².